The van der Waals surface area contributed by atoms with Crippen LogP contribution in [0.3, 0.4) is 0 Å². The Morgan fingerprint density at radius 3 is 2.36 bits per heavy atom. The molecule has 25 heavy (non-hydrogen) atoms. The molecule has 1 fully saturated rings. The minimum absolute atomic E-state index is 0.0453. The molecule has 0 heterocycles. The zero-order valence-electron chi connectivity index (χ0n) is 14.1. The number of hydrogen-bond donors (Lipinski definition) is 2. The number of rotatable bonds is 6. The summed E-state index contributed by atoms with van der Waals surface area (Å²) in [6, 6.07) is 1.91. The molecule has 0 amide bonds. The quantitative estimate of drug-likeness (QED) is 0.755. The Hall–Kier alpha value is -1.45. The number of carboxylic acids is 1. The number of benzene rings is 1. The van der Waals surface area contributed by atoms with Crippen LogP contribution in [-0.2, 0) is 32.7 Å². The fourth-order valence-electron chi connectivity index (χ4n) is 3.68. The molecule has 9 heteroatoms. The molecular formula is C16H21NO6S2. The Morgan fingerprint density at radius 2 is 1.84 bits per heavy atom. The van der Waals surface area contributed by atoms with Crippen molar-refractivity contribution in [2.45, 2.75) is 54.7 Å². The van der Waals surface area contributed by atoms with Gasteiger partial charge in [-0.25, -0.2) is 26.4 Å². The van der Waals surface area contributed by atoms with Crippen molar-refractivity contribution in [3.05, 3.63) is 28.8 Å². The Balaban J connectivity index is 2.00. The van der Waals surface area contributed by atoms with E-state index < -0.39 is 36.6 Å². The minimum Gasteiger partial charge on any atom is -0.478 e. The highest BCUT2D eigenvalue weighted by molar-refractivity contribution is 7.92. The fourth-order valence-corrected chi connectivity index (χ4v) is 6.96. The number of hydrogen-bond acceptors (Lipinski definition) is 5. The van der Waals surface area contributed by atoms with E-state index >= 15 is 0 Å². The highest BCUT2D eigenvalue weighted by atomic mass is 32.2. The Kier molecular flexibility index (Phi) is 4.24. The van der Waals surface area contributed by atoms with E-state index in [0.717, 1.165) is 18.2 Å². The summed E-state index contributed by atoms with van der Waals surface area (Å²) in [5.41, 5.74) is 1.30. The number of carbonyl (C=O) groups is 1. The van der Waals surface area contributed by atoms with Gasteiger partial charge in [-0.1, -0.05) is 0 Å². The van der Waals surface area contributed by atoms with E-state index in [4.69, 9.17) is 0 Å². The van der Waals surface area contributed by atoms with Crippen LogP contribution in [0.15, 0.2) is 17.0 Å². The van der Waals surface area contributed by atoms with Crippen molar-refractivity contribution in [3.63, 3.8) is 0 Å². The maximum Gasteiger partial charge on any atom is 0.335 e. The number of aryl methyl sites for hydroxylation is 1. The van der Waals surface area contributed by atoms with E-state index in [1.807, 2.05) is 0 Å². The number of nitrogens with one attached hydrogen (secondary N) is 1. The van der Waals surface area contributed by atoms with Crippen molar-refractivity contribution in [3.8, 4) is 0 Å². The van der Waals surface area contributed by atoms with E-state index in [1.165, 1.54) is 12.1 Å². The van der Waals surface area contributed by atoms with Crippen LogP contribution in [0.25, 0.3) is 0 Å². The van der Waals surface area contributed by atoms with Gasteiger partial charge in [0.25, 0.3) is 0 Å². The Labute approximate surface area is 147 Å². The van der Waals surface area contributed by atoms with Gasteiger partial charge in [0, 0.05) is 12.3 Å². The lowest BCUT2D eigenvalue weighted by atomic mass is 10.1. The van der Waals surface area contributed by atoms with Crippen molar-refractivity contribution in [2.75, 3.05) is 6.26 Å². The topological polar surface area (TPSA) is 118 Å². The molecule has 2 N–H and O–H groups in total. The molecule has 0 aromatic heterocycles. The normalized spacial score (nSPS) is 20.1. The zero-order chi connectivity index (χ0) is 18.6. The lowest BCUT2D eigenvalue weighted by molar-refractivity contribution is 0.0696. The first kappa shape index (κ1) is 18.3. The molecule has 1 unspecified atom stereocenters. The molecule has 2 aliphatic rings. The van der Waals surface area contributed by atoms with Gasteiger partial charge in [-0.3, -0.25) is 0 Å². The van der Waals surface area contributed by atoms with Gasteiger partial charge in [0.1, 0.15) is 0 Å². The van der Waals surface area contributed by atoms with Crippen molar-refractivity contribution in [2.24, 2.45) is 0 Å². The van der Waals surface area contributed by atoms with Gasteiger partial charge in [0.05, 0.1) is 15.2 Å². The Bertz CT molecular complexity index is 945. The molecule has 1 aromatic rings. The van der Waals surface area contributed by atoms with Gasteiger partial charge in [-0.05, 0) is 62.3 Å². The summed E-state index contributed by atoms with van der Waals surface area (Å²) in [5.74, 6) is -1.19. The van der Waals surface area contributed by atoms with E-state index in [9.17, 15) is 26.7 Å². The van der Waals surface area contributed by atoms with E-state index in [2.05, 4.69) is 4.72 Å². The maximum absolute atomic E-state index is 12.9. The number of sulfone groups is 1. The van der Waals surface area contributed by atoms with Crippen molar-refractivity contribution in [1.82, 2.24) is 4.72 Å². The zero-order valence-corrected chi connectivity index (χ0v) is 15.7. The second-order valence-corrected chi connectivity index (χ2v) is 11.0. The molecule has 138 valence electrons. The van der Waals surface area contributed by atoms with E-state index in [0.29, 0.717) is 31.2 Å². The van der Waals surface area contributed by atoms with Crippen molar-refractivity contribution >= 4 is 25.8 Å². The first-order valence-corrected chi connectivity index (χ1v) is 11.5. The third kappa shape index (κ3) is 3.09. The number of sulfonamides is 1. The molecule has 1 atom stereocenters. The molecule has 3 rings (SSSR count). The molecule has 1 saturated carbocycles. The molecule has 2 aliphatic carbocycles. The monoisotopic (exact) mass is 387 g/mol. The van der Waals surface area contributed by atoms with Crippen LogP contribution in [0.1, 0.15) is 47.7 Å². The standard InChI is InChI=1S/C16H21NO6S2/c1-10(16(6-7-16)24(2,20)21)17-25(22,23)14-9-12(15(18)19)8-11-4-3-5-13(11)14/h8-10,17H,3-7H2,1-2H3,(H,18,19). The first-order valence-electron chi connectivity index (χ1n) is 8.09. The van der Waals surface area contributed by atoms with E-state index in [-0.39, 0.29) is 10.5 Å². The van der Waals surface area contributed by atoms with Gasteiger partial charge in [-0.2, -0.15) is 0 Å². The molecule has 0 saturated heterocycles. The second kappa shape index (κ2) is 5.78. The van der Waals surface area contributed by atoms with Gasteiger partial charge in [0.2, 0.25) is 10.0 Å². The van der Waals surface area contributed by atoms with Crippen molar-refractivity contribution in [1.29, 1.82) is 0 Å². The maximum atomic E-state index is 12.9. The average molecular weight is 387 g/mol. The highest BCUT2D eigenvalue weighted by Crippen LogP contribution is 2.46. The van der Waals surface area contributed by atoms with Gasteiger partial charge in [-0.15, -0.1) is 0 Å². The Morgan fingerprint density at radius 1 is 1.20 bits per heavy atom. The lowest BCUT2D eigenvalue weighted by Crippen LogP contribution is -2.46. The largest absolute Gasteiger partial charge is 0.478 e. The van der Waals surface area contributed by atoms with Crippen LogP contribution in [0.2, 0.25) is 0 Å². The first-order chi connectivity index (χ1) is 11.5. The van der Waals surface area contributed by atoms with Crippen LogP contribution in [0.4, 0.5) is 0 Å². The summed E-state index contributed by atoms with van der Waals surface area (Å²) < 4.78 is 51.2. The minimum atomic E-state index is -4.02. The van der Waals surface area contributed by atoms with Crippen LogP contribution in [0.5, 0.6) is 0 Å². The van der Waals surface area contributed by atoms with Crippen LogP contribution < -0.4 is 4.72 Å². The summed E-state index contributed by atoms with van der Waals surface area (Å²) >= 11 is 0. The van der Waals surface area contributed by atoms with Crippen LogP contribution in [-0.4, -0.2) is 45.0 Å². The summed E-state index contributed by atoms with van der Waals surface area (Å²) in [7, 11) is -7.42. The van der Waals surface area contributed by atoms with Gasteiger partial charge in [0.15, 0.2) is 9.84 Å². The highest BCUT2D eigenvalue weighted by Gasteiger charge is 2.57. The molecular weight excluding hydrogens is 366 g/mol. The summed E-state index contributed by atoms with van der Waals surface area (Å²) in [6.07, 6.45) is 3.93. The second-order valence-electron chi connectivity index (χ2n) is 6.95. The number of fused-ring (bicyclic) bond motifs is 1. The predicted octanol–water partition coefficient (Wildman–Crippen LogP) is 1.12. The summed E-state index contributed by atoms with van der Waals surface area (Å²) in [4.78, 5) is 11.3. The molecule has 0 bridgehead atoms. The van der Waals surface area contributed by atoms with Gasteiger partial charge < -0.3 is 5.11 Å². The lowest BCUT2D eigenvalue weighted by Gasteiger charge is -2.23. The molecule has 0 spiro atoms. The summed E-state index contributed by atoms with van der Waals surface area (Å²) in [5, 5.41) is 9.24. The molecule has 1 aromatic carbocycles. The third-order valence-electron chi connectivity index (χ3n) is 5.31. The van der Waals surface area contributed by atoms with E-state index in [1.54, 1.807) is 6.92 Å². The molecule has 0 aliphatic heterocycles. The number of aromatic carboxylic acids is 1. The smallest absolute Gasteiger partial charge is 0.335 e. The summed E-state index contributed by atoms with van der Waals surface area (Å²) in [6.45, 7) is 1.55. The molecule has 7 nitrogen and oxygen atoms in total. The van der Waals surface area contributed by atoms with Crippen LogP contribution in [0, 0.1) is 0 Å². The van der Waals surface area contributed by atoms with Crippen LogP contribution >= 0.6 is 0 Å². The SMILES string of the molecule is CC(NS(=O)(=O)c1cc(C(=O)O)cc2c1CCC2)C1(S(C)(=O)=O)CC1. The number of carboxylic acid groups (broad SMARTS) is 1. The third-order valence-corrected chi connectivity index (χ3v) is 9.16. The predicted molar refractivity (Wildman–Crippen MR) is 92.0 cm³/mol. The molecule has 0 radical (unpaired) electrons. The average Bonchev–Trinajstić information content (AvgIpc) is 3.18. The fraction of sp³-hybridized carbons (Fsp3) is 0.562. The van der Waals surface area contributed by atoms with Gasteiger partial charge >= 0.3 is 5.97 Å². The van der Waals surface area contributed by atoms with Crippen molar-refractivity contribution < 1.29 is 26.7 Å².